The number of nitrogens with one attached hydrogen (secondary N) is 1. The summed E-state index contributed by atoms with van der Waals surface area (Å²) in [6.07, 6.45) is 5.52. The molecule has 1 unspecified atom stereocenters. The lowest BCUT2D eigenvalue weighted by Gasteiger charge is -2.30. The third-order valence-electron chi connectivity index (χ3n) is 5.19. The zero-order valence-corrected chi connectivity index (χ0v) is 14.9. The van der Waals surface area contributed by atoms with Crippen molar-refractivity contribution in [3.05, 3.63) is 35.9 Å². The molecule has 128 valence electrons. The molecule has 1 aliphatic carbocycles. The lowest BCUT2D eigenvalue weighted by molar-refractivity contribution is -0.133. The monoisotopic (exact) mass is 336 g/mol. The molecular formula is C19H29ClN2O. The lowest BCUT2D eigenvalue weighted by atomic mass is 9.84. The Morgan fingerprint density at radius 1 is 1.17 bits per heavy atom. The van der Waals surface area contributed by atoms with Crippen molar-refractivity contribution in [2.24, 2.45) is 11.8 Å². The van der Waals surface area contributed by atoms with Gasteiger partial charge < -0.3 is 10.2 Å². The molecule has 1 aliphatic heterocycles. The van der Waals surface area contributed by atoms with Crippen LogP contribution >= 0.6 is 12.4 Å². The Labute approximate surface area is 146 Å². The van der Waals surface area contributed by atoms with Crippen LogP contribution in [0, 0.1) is 11.8 Å². The van der Waals surface area contributed by atoms with Crippen molar-refractivity contribution in [2.45, 2.75) is 51.6 Å². The van der Waals surface area contributed by atoms with Gasteiger partial charge in [0.1, 0.15) is 0 Å². The van der Waals surface area contributed by atoms with Crippen molar-refractivity contribution in [2.75, 3.05) is 13.1 Å². The van der Waals surface area contributed by atoms with Crippen LogP contribution in [0.5, 0.6) is 0 Å². The van der Waals surface area contributed by atoms with Crippen molar-refractivity contribution in [1.29, 1.82) is 0 Å². The van der Waals surface area contributed by atoms with E-state index in [1.807, 2.05) is 6.07 Å². The Morgan fingerprint density at radius 3 is 2.43 bits per heavy atom. The highest BCUT2D eigenvalue weighted by Crippen LogP contribution is 2.31. The molecule has 2 fully saturated rings. The fraction of sp³-hybridized carbons (Fsp3) is 0.632. The minimum atomic E-state index is 0. The van der Waals surface area contributed by atoms with Gasteiger partial charge >= 0.3 is 0 Å². The number of nitrogens with zero attached hydrogens (tertiary/aromatic N) is 1. The molecule has 0 spiro atoms. The molecule has 1 aromatic rings. The fourth-order valence-electron chi connectivity index (χ4n) is 3.56. The van der Waals surface area contributed by atoms with Gasteiger partial charge in [-0.3, -0.25) is 4.79 Å². The molecule has 1 saturated carbocycles. The SMILES string of the molecule is CC(CC(=O)N(Cc1ccccc1)C1CC1)C1CCNCC1.Cl. The van der Waals surface area contributed by atoms with Crippen LogP contribution in [0.15, 0.2) is 30.3 Å². The average molecular weight is 337 g/mol. The van der Waals surface area contributed by atoms with Gasteiger partial charge in [0.05, 0.1) is 0 Å². The summed E-state index contributed by atoms with van der Waals surface area (Å²) in [6, 6.07) is 10.9. The summed E-state index contributed by atoms with van der Waals surface area (Å²) in [4.78, 5) is 14.9. The van der Waals surface area contributed by atoms with E-state index in [4.69, 9.17) is 0 Å². The van der Waals surface area contributed by atoms with Gasteiger partial charge in [-0.15, -0.1) is 12.4 Å². The minimum Gasteiger partial charge on any atom is -0.335 e. The molecule has 1 atom stereocenters. The molecule has 1 aromatic carbocycles. The van der Waals surface area contributed by atoms with Crippen molar-refractivity contribution in [1.82, 2.24) is 10.2 Å². The van der Waals surface area contributed by atoms with Crippen LogP contribution in [0.2, 0.25) is 0 Å². The molecule has 3 rings (SSSR count). The second kappa shape index (κ2) is 8.70. The number of rotatable bonds is 6. The van der Waals surface area contributed by atoms with Gasteiger partial charge in [0.25, 0.3) is 0 Å². The van der Waals surface area contributed by atoms with E-state index in [0.29, 0.717) is 30.2 Å². The Balaban J connectivity index is 0.00000192. The number of carbonyl (C=O) groups is 1. The summed E-state index contributed by atoms with van der Waals surface area (Å²) >= 11 is 0. The predicted molar refractivity (Wildman–Crippen MR) is 96.6 cm³/mol. The molecule has 23 heavy (non-hydrogen) atoms. The number of hydrogen-bond donors (Lipinski definition) is 1. The first-order chi connectivity index (χ1) is 10.7. The summed E-state index contributed by atoms with van der Waals surface area (Å²) in [5, 5.41) is 3.41. The highest BCUT2D eigenvalue weighted by Gasteiger charge is 2.33. The lowest BCUT2D eigenvalue weighted by Crippen LogP contribution is -2.36. The quantitative estimate of drug-likeness (QED) is 0.860. The summed E-state index contributed by atoms with van der Waals surface area (Å²) in [5.41, 5.74) is 1.25. The number of halogens is 1. The van der Waals surface area contributed by atoms with E-state index in [2.05, 4.69) is 41.4 Å². The van der Waals surface area contributed by atoms with Gasteiger partial charge in [0.2, 0.25) is 5.91 Å². The predicted octanol–water partition coefficient (Wildman–Crippen LogP) is 3.63. The topological polar surface area (TPSA) is 32.3 Å². The Hall–Kier alpha value is -1.06. The molecule has 1 N–H and O–H groups in total. The largest absolute Gasteiger partial charge is 0.335 e. The summed E-state index contributed by atoms with van der Waals surface area (Å²) in [7, 11) is 0. The molecule has 4 heteroatoms. The molecule has 3 nitrogen and oxygen atoms in total. The Kier molecular flexibility index (Phi) is 6.91. The van der Waals surface area contributed by atoms with E-state index < -0.39 is 0 Å². The number of hydrogen-bond acceptors (Lipinski definition) is 2. The molecule has 2 aliphatic rings. The Morgan fingerprint density at radius 2 is 1.83 bits per heavy atom. The van der Waals surface area contributed by atoms with Crippen molar-refractivity contribution in [3.8, 4) is 0 Å². The van der Waals surface area contributed by atoms with Gasteiger partial charge in [-0.1, -0.05) is 37.3 Å². The first-order valence-corrected chi connectivity index (χ1v) is 8.78. The molecule has 0 radical (unpaired) electrons. The van der Waals surface area contributed by atoms with Crippen LogP contribution < -0.4 is 5.32 Å². The standard InChI is InChI=1S/C19H28N2O.ClH/c1-15(17-9-11-20-12-10-17)13-19(22)21(18-7-8-18)14-16-5-3-2-4-6-16;/h2-6,15,17-18,20H,7-14H2,1H3;1H. The smallest absolute Gasteiger partial charge is 0.223 e. The van der Waals surface area contributed by atoms with Gasteiger partial charge in [-0.05, 0) is 56.2 Å². The fourth-order valence-corrected chi connectivity index (χ4v) is 3.56. The van der Waals surface area contributed by atoms with Gasteiger partial charge in [0.15, 0.2) is 0 Å². The van der Waals surface area contributed by atoms with E-state index in [1.165, 1.54) is 31.2 Å². The van der Waals surface area contributed by atoms with Crippen LogP contribution in [-0.4, -0.2) is 29.9 Å². The maximum atomic E-state index is 12.8. The third-order valence-corrected chi connectivity index (χ3v) is 5.19. The minimum absolute atomic E-state index is 0. The molecular weight excluding hydrogens is 308 g/mol. The first-order valence-electron chi connectivity index (χ1n) is 8.78. The maximum absolute atomic E-state index is 12.8. The first kappa shape index (κ1) is 18.3. The summed E-state index contributed by atoms with van der Waals surface area (Å²) < 4.78 is 0. The summed E-state index contributed by atoms with van der Waals surface area (Å²) in [6.45, 7) is 5.27. The van der Waals surface area contributed by atoms with E-state index in [1.54, 1.807) is 0 Å². The van der Waals surface area contributed by atoms with E-state index in [-0.39, 0.29) is 12.4 Å². The third kappa shape index (κ3) is 5.22. The van der Waals surface area contributed by atoms with Crippen molar-refractivity contribution < 1.29 is 4.79 Å². The zero-order valence-electron chi connectivity index (χ0n) is 14.0. The number of amides is 1. The molecule has 1 saturated heterocycles. The van der Waals surface area contributed by atoms with Crippen LogP contribution in [0.4, 0.5) is 0 Å². The van der Waals surface area contributed by atoms with Crippen LogP contribution in [-0.2, 0) is 11.3 Å². The van der Waals surface area contributed by atoms with Gasteiger partial charge in [-0.25, -0.2) is 0 Å². The summed E-state index contributed by atoms with van der Waals surface area (Å²) in [5.74, 6) is 1.58. The van der Waals surface area contributed by atoms with Crippen LogP contribution in [0.3, 0.4) is 0 Å². The number of piperidine rings is 1. The highest BCUT2D eigenvalue weighted by atomic mass is 35.5. The van der Waals surface area contributed by atoms with Crippen molar-refractivity contribution >= 4 is 18.3 Å². The Bertz CT molecular complexity index is 483. The average Bonchev–Trinajstić information content (AvgIpc) is 3.39. The van der Waals surface area contributed by atoms with E-state index >= 15 is 0 Å². The van der Waals surface area contributed by atoms with Gasteiger partial charge in [0, 0.05) is 19.0 Å². The number of benzene rings is 1. The maximum Gasteiger partial charge on any atom is 0.223 e. The van der Waals surface area contributed by atoms with E-state index in [9.17, 15) is 4.79 Å². The second-order valence-corrected chi connectivity index (χ2v) is 7.01. The molecule has 0 aromatic heterocycles. The molecule has 1 amide bonds. The van der Waals surface area contributed by atoms with E-state index in [0.717, 1.165) is 19.6 Å². The van der Waals surface area contributed by atoms with Crippen LogP contribution in [0.25, 0.3) is 0 Å². The highest BCUT2D eigenvalue weighted by molar-refractivity contribution is 5.85. The zero-order chi connectivity index (χ0) is 15.4. The number of carbonyl (C=O) groups excluding carboxylic acids is 1. The second-order valence-electron chi connectivity index (χ2n) is 7.01. The molecule has 0 bridgehead atoms. The normalized spacial score (nSPS) is 19.7. The van der Waals surface area contributed by atoms with Crippen LogP contribution in [0.1, 0.15) is 44.6 Å². The van der Waals surface area contributed by atoms with Crippen molar-refractivity contribution in [3.63, 3.8) is 0 Å². The molecule has 1 heterocycles. The van der Waals surface area contributed by atoms with Gasteiger partial charge in [-0.2, -0.15) is 0 Å².